The summed E-state index contributed by atoms with van der Waals surface area (Å²) in [6, 6.07) is 12.1. The predicted octanol–water partition coefficient (Wildman–Crippen LogP) is 4.72. The molecule has 5 rings (SSSR count). The molecule has 1 unspecified atom stereocenters. The van der Waals surface area contributed by atoms with Crippen LogP contribution in [0.25, 0.3) is 11.4 Å². The third kappa shape index (κ3) is 2.87. The first-order valence-corrected chi connectivity index (χ1v) is 9.85. The average molecular weight is 388 g/mol. The Morgan fingerprint density at radius 3 is 2.72 bits per heavy atom. The number of hydrogen-bond acceptors (Lipinski definition) is 4. The number of ketones is 1. The van der Waals surface area contributed by atoms with Gasteiger partial charge in [0, 0.05) is 28.8 Å². The number of carbonyl (C=O) groups is 1. The van der Waals surface area contributed by atoms with Gasteiger partial charge in [-0.25, -0.2) is 9.07 Å². The van der Waals surface area contributed by atoms with Crippen LogP contribution in [0.5, 0.6) is 0 Å². The molecular formula is C23H21FN4O. The van der Waals surface area contributed by atoms with Gasteiger partial charge in [-0.3, -0.25) is 4.79 Å². The zero-order valence-electron chi connectivity index (χ0n) is 16.4. The van der Waals surface area contributed by atoms with Crippen molar-refractivity contribution in [3.8, 4) is 11.4 Å². The maximum Gasteiger partial charge on any atom is 0.226 e. The molecule has 1 aromatic heterocycles. The Hall–Kier alpha value is -3.28. The first-order valence-electron chi connectivity index (χ1n) is 9.85. The summed E-state index contributed by atoms with van der Waals surface area (Å²) in [5.41, 5.74) is 5.12. The van der Waals surface area contributed by atoms with Gasteiger partial charge in [-0.2, -0.15) is 4.98 Å². The number of carbonyl (C=O) groups excluding carboxylic acids is 1. The number of nitrogens with one attached hydrogen (secondary N) is 1. The maximum atomic E-state index is 14.8. The molecule has 0 radical (unpaired) electrons. The van der Waals surface area contributed by atoms with E-state index in [0.29, 0.717) is 29.3 Å². The smallest absolute Gasteiger partial charge is 0.226 e. The zero-order valence-corrected chi connectivity index (χ0v) is 16.4. The fourth-order valence-corrected chi connectivity index (χ4v) is 4.14. The van der Waals surface area contributed by atoms with Gasteiger partial charge < -0.3 is 5.32 Å². The minimum Gasteiger partial charge on any atom is -0.328 e. The van der Waals surface area contributed by atoms with E-state index in [2.05, 4.69) is 17.2 Å². The lowest BCUT2D eigenvalue weighted by Crippen LogP contribution is -2.32. The Morgan fingerprint density at radius 1 is 1.10 bits per heavy atom. The summed E-state index contributed by atoms with van der Waals surface area (Å²) in [6.07, 6.45) is 2.00. The first-order chi connectivity index (χ1) is 14.0. The van der Waals surface area contributed by atoms with Gasteiger partial charge in [-0.05, 0) is 49.9 Å². The molecule has 0 fully saturated rings. The molecular weight excluding hydrogens is 367 g/mol. The van der Waals surface area contributed by atoms with Crippen LogP contribution in [0.1, 0.15) is 42.0 Å². The SMILES string of the molecule is Cc1ccc(-c2nc3n(n2)C(c2ccccc2F)C2=C(CCCC2=O)N3)cc1C. The Morgan fingerprint density at radius 2 is 1.93 bits per heavy atom. The van der Waals surface area contributed by atoms with Gasteiger partial charge in [0.15, 0.2) is 11.6 Å². The van der Waals surface area contributed by atoms with Crippen molar-refractivity contribution in [2.45, 2.75) is 39.2 Å². The highest BCUT2D eigenvalue weighted by Gasteiger charge is 2.38. The molecule has 1 atom stereocenters. The molecule has 3 aromatic rings. The Labute approximate surface area is 168 Å². The van der Waals surface area contributed by atoms with Gasteiger partial charge in [0.25, 0.3) is 0 Å². The molecule has 5 nitrogen and oxygen atoms in total. The van der Waals surface area contributed by atoms with Crippen molar-refractivity contribution in [1.82, 2.24) is 14.8 Å². The normalized spacial score (nSPS) is 18.3. The number of aryl methyl sites for hydroxylation is 2. The van der Waals surface area contributed by atoms with E-state index in [9.17, 15) is 9.18 Å². The van der Waals surface area contributed by atoms with Crippen LogP contribution in [0.4, 0.5) is 10.3 Å². The van der Waals surface area contributed by atoms with Crippen molar-refractivity contribution >= 4 is 11.7 Å². The molecule has 2 aliphatic rings. The van der Waals surface area contributed by atoms with Crippen LogP contribution < -0.4 is 5.32 Å². The molecule has 0 saturated carbocycles. The number of allylic oxidation sites excluding steroid dienone is 2. The summed E-state index contributed by atoms with van der Waals surface area (Å²) in [5, 5.41) is 8.00. The number of benzene rings is 2. The maximum absolute atomic E-state index is 14.8. The third-order valence-electron chi connectivity index (χ3n) is 5.83. The summed E-state index contributed by atoms with van der Waals surface area (Å²) in [5.74, 6) is 0.795. The highest BCUT2D eigenvalue weighted by molar-refractivity contribution is 5.99. The Bertz CT molecular complexity index is 1180. The minimum absolute atomic E-state index is 0.0425. The van der Waals surface area contributed by atoms with Crippen molar-refractivity contribution in [2.24, 2.45) is 0 Å². The van der Waals surface area contributed by atoms with E-state index < -0.39 is 6.04 Å². The summed E-state index contributed by atoms with van der Waals surface area (Å²) in [6.45, 7) is 4.11. The largest absolute Gasteiger partial charge is 0.328 e. The molecule has 6 heteroatoms. The van der Waals surface area contributed by atoms with Gasteiger partial charge in [-0.1, -0.05) is 30.3 Å². The average Bonchev–Trinajstić information content (AvgIpc) is 3.13. The van der Waals surface area contributed by atoms with Crippen LogP contribution >= 0.6 is 0 Å². The molecule has 1 N–H and O–H groups in total. The van der Waals surface area contributed by atoms with E-state index in [4.69, 9.17) is 5.10 Å². The lowest BCUT2D eigenvalue weighted by Gasteiger charge is -2.32. The zero-order chi connectivity index (χ0) is 20.1. The number of aromatic nitrogens is 3. The second kappa shape index (κ2) is 6.65. The van der Waals surface area contributed by atoms with Crippen LogP contribution in [-0.2, 0) is 4.79 Å². The minimum atomic E-state index is -0.608. The quantitative estimate of drug-likeness (QED) is 0.690. The molecule has 0 amide bonds. The lowest BCUT2D eigenvalue weighted by atomic mass is 9.85. The van der Waals surface area contributed by atoms with Gasteiger partial charge in [0.2, 0.25) is 5.95 Å². The van der Waals surface area contributed by atoms with Crippen LogP contribution in [0.15, 0.2) is 53.7 Å². The monoisotopic (exact) mass is 388 g/mol. The molecule has 0 bridgehead atoms. The van der Waals surface area contributed by atoms with E-state index >= 15 is 0 Å². The van der Waals surface area contributed by atoms with E-state index in [0.717, 1.165) is 29.7 Å². The van der Waals surface area contributed by atoms with E-state index in [-0.39, 0.29) is 11.6 Å². The Balaban J connectivity index is 1.69. The number of anilines is 1. The lowest BCUT2D eigenvalue weighted by molar-refractivity contribution is -0.116. The van der Waals surface area contributed by atoms with Crippen molar-refractivity contribution in [2.75, 3.05) is 5.32 Å². The molecule has 2 heterocycles. The fourth-order valence-electron chi connectivity index (χ4n) is 4.14. The number of fused-ring (bicyclic) bond motifs is 1. The number of nitrogens with zero attached hydrogens (tertiary/aromatic N) is 3. The fraction of sp³-hybridized carbons (Fsp3) is 0.261. The molecule has 0 spiro atoms. The van der Waals surface area contributed by atoms with Crippen molar-refractivity contribution < 1.29 is 9.18 Å². The summed E-state index contributed by atoms with van der Waals surface area (Å²) < 4.78 is 16.4. The van der Waals surface area contributed by atoms with Crippen LogP contribution in [0.3, 0.4) is 0 Å². The van der Waals surface area contributed by atoms with E-state index in [1.807, 2.05) is 25.1 Å². The van der Waals surface area contributed by atoms with Gasteiger partial charge in [0.1, 0.15) is 11.9 Å². The summed E-state index contributed by atoms with van der Waals surface area (Å²) >= 11 is 0. The number of hydrogen-bond donors (Lipinski definition) is 1. The highest BCUT2D eigenvalue weighted by Crippen LogP contribution is 2.41. The molecule has 0 saturated heterocycles. The summed E-state index contributed by atoms with van der Waals surface area (Å²) in [4.78, 5) is 17.5. The van der Waals surface area contributed by atoms with Crippen molar-refractivity contribution in [1.29, 1.82) is 0 Å². The predicted molar refractivity (Wildman–Crippen MR) is 109 cm³/mol. The number of halogens is 1. The second-order valence-electron chi connectivity index (χ2n) is 7.72. The molecule has 146 valence electrons. The number of Topliss-reactive ketones (excluding diaryl/α,β-unsaturated/α-hetero) is 1. The van der Waals surface area contributed by atoms with Crippen LogP contribution in [0.2, 0.25) is 0 Å². The van der Waals surface area contributed by atoms with Gasteiger partial charge in [0.05, 0.1) is 0 Å². The van der Waals surface area contributed by atoms with Crippen molar-refractivity contribution in [3.05, 3.63) is 76.2 Å². The van der Waals surface area contributed by atoms with Crippen molar-refractivity contribution in [3.63, 3.8) is 0 Å². The molecule has 29 heavy (non-hydrogen) atoms. The molecule has 1 aliphatic heterocycles. The second-order valence-corrected chi connectivity index (χ2v) is 7.72. The summed E-state index contributed by atoms with van der Waals surface area (Å²) in [7, 11) is 0. The van der Waals surface area contributed by atoms with Gasteiger partial charge >= 0.3 is 0 Å². The highest BCUT2D eigenvalue weighted by atomic mass is 19.1. The van der Waals surface area contributed by atoms with Crippen LogP contribution in [-0.4, -0.2) is 20.5 Å². The van der Waals surface area contributed by atoms with E-state index in [1.165, 1.54) is 11.6 Å². The van der Waals surface area contributed by atoms with Gasteiger partial charge in [-0.15, -0.1) is 5.10 Å². The number of rotatable bonds is 2. The first kappa shape index (κ1) is 17.8. The Kier molecular flexibility index (Phi) is 4.08. The molecule has 1 aliphatic carbocycles. The third-order valence-corrected chi connectivity index (χ3v) is 5.83. The standard InChI is InChI=1S/C23H21FN4O/c1-13-10-11-15(12-14(13)2)22-26-23-25-18-8-5-9-19(29)20(18)21(28(23)27-22)16-6-3-4-7-17(16)24/h3-4,6-7,10-12,21H,5,8-9H2,1-2H3,(H,25,26,27). The van der Waals surface area contributed by atoms with E-state index in [1.54, 1.807) is 22.9 Å². The molecule has 2 aromatic carbocycles. The topological polar surface area (TPSA) is 59.8 Å². The van der Waals surface area contributed by atoms with Crippen LogP contribution in [0, 0.1) is 19.7 Å².